The molecule has 4 N–H and O–H groups in total. The average molecular weight is 344 g/mol. The minimum Gasteiger partial charge on any atom is -0.391 e. The molecule has 5 nitrogen and oxygen atoms in total. The number of fused-ring (bicyclic) bond motifs is 2. The summed E-state index contributed by atoms with van der Waals surface area (Å²) in [6, 6.07) is 3.68. The minimum atomic E-state index is -4.48. The third-order valence-electron chi connectivity index (χ3n) is 4.92. The van der Waals surface area contributed by atoms with Crippen molar-refractivity contribution in [1.29, 1.82) is 0 Å². The van der Waals surface area contributed by atoms with Gasteiger partial charge in [0.15, 0.2) is 0 Å². The van der Waals surface area contributed by atoms with Crippen LogP contribution in [0.1, 0.15) is 17.5 Å². The largest absolute Gasteiger partial charge is 0.416 e. The molecule has 132 valence electrons. The number of nitrogens with zero attached hydrogens (tertiary/aromatic N) is 1. The quantitative estimate of drug-likeness (QED) is 0.746. The molecule has 24 heavy (non-hydrogen) atoms. The van der Waals surface area contributed by atoms with Gasteiger partial charge in [-0.15, -0.1) is 0 Å². The molecule has 2 bridgehead atoms. The molecule has 1 heterocycles. The summed E-state index contributed by atoms with van der Waals surface area (Å²) >= 11 is 0. The van der Waals surface area contributed by atoms with Crippen LogP contribution in [0, 0.1) is 5.92 Å². The molecule has 1 aromatic carbocycles. The van der Waals surface area contributed by atoms with Crippen LogP contribution in [0.5, 0.6) is 0 Å². The van der Waals surface area contributed by atoms with Crippen molar-refractivity contribution in [2.24, 2.45) is 11.7 Å². The first-order valence-corrected chi connectivity index (χ1v) is 7.77. The van der Waals surface area contributed by atoms with Crippen molar-refractivity contribution >= 4 is 5.91 Å². The summed E-state index contributed by atoms with van der Waals surface area (Å²) in [5, 5.41) is 20.1. The summed E-state index contributed by atoms with van der Waals surface area (Å²) < 4.78 is 38.2. The fraction of sp³-hybridized carbons (Fsp3) is 0.562. The fourth-order valence-electron chi connectivity index (χ4n) is 3.74. The van der Waals surface area contributed by atoms with E-state index in [1.54, 1.807) is 0 Å². The highest BCUT2D eigenvalue weighted by Crippen LogP contribution is 2.37. The maximum atomic E-state index is 12.7. The van der Waals surface area contributed by atoms with Crippen LogP contribution in [0.25, 0.3) is 0 Å². The van der Waals surface area contributed by atoms with E-state index in [9.17, 15) is 28.2 Å². The third-order valence-corrected chi connectivity index (χ3v) is 4.92. The second-order valence-electron chi connectivity index (χ2n) is 6.54. The maximum absolute atomic E-state index is 12.7. The molecule has 0 radical (unpaired) electrons. The molecule has 1 amide bonds. The Morgan fingerprint density at radius 2 is 2.12 bits per heavy atom. The fourth-order valence-corrected chi connectivity index (χ4v) is 3.74. The monoisotopic (exact) mass is 344 g/mol. The number of carbonyl (C=O) groups excluding carboxylic acids is 1. The van der Waals surface area contributed by atoms with E-state index in [1.807, 2.05) is 0 Å². The van der Waals surface area contributed by atoms with Crippen LogP contribution >= 0.6 is 0 Å². The van der Waals surface area contributed by atoms with Crippen molar-refractivity contribution < 1.29 is 28.2 Å². The number of nitrogens with two attached hydrogens (primary N) is 1. The summed E-state index contributed by atoms with van der Waals surface area (Å²) in [4.78, 5) is 13.8. The number of hydrogen-bond acceptors (Lipinski definition) is 4. The van der Waals surface area contributed by atoms with E-state index in [0.29, 0.717) is 13.0 Å². The Morgan fingerprint density at radius 1 is 1.42 bits per heavy atom. The maximum Gasteiger partial charge on any atom is 0.416 e. The number of aliphatic hydroxyl groups is 2. The smallest absolute Gasteiger partial charge is 0.391 e. The zero-order valence-electron chi connectivity index (χ0n) is 12.8. The lowest BCUT2D eigenvalue weighted by atomic mass is 10.0. The second kappa shape index (κ2) is 6.02. The SMILES string of the molecule is N[C@@H]1[C@@H]2C[C@H](O)[C@H]1N(C(=O)C(O)Cc1cccc(C(F)(F)F)c1)C2. The first kappa shape index (κ1) is 17.2. The Hall–Kier alpha value is -1.64. The minimum absolute atomic E-state index is 0.00490. The molecule has 1 aliphatic heterocycles. The van der Waals surface area contributed by atoms with E-state index >= 15 is 0 Å². The Bertz CT molecular complexity index is 637. The highest BCUT2D eigenvalue weighted by Gasteiger charge is 2.52. The van der Waals surface area contributed by atoms with Crippen molar-refractivity contribution in [3.63, 3.8) is 0 Å². The lowest BCUT2D eigenvalue weighted by Crippen LogP contribution is -2.51. The van der Waals surface area contributed by atoms with Gasteiger partial charge in [-0.2, -0.15) is 13.2 Å². The Labute approximate surface area is 136 Å². The predicted molar refractivity (Wildman–Crippen MR) is 78.7 cm³/mol. The first-order valence-electron chi connectivity index (χ1n) is 7.77. The summed E-state index contributed by atoms with van der Waals surface area (Å²) in [5.74, 6) is -0.608. The first-order chi connectivity index (χ1) is 11.2. The number of halogens is 3. The molecule has 2 fully saturated rings. The van der Waals surface area contributed by atoms with Gasteiger partial charge in [0, 0.05) is 19.0 Å². The lowest BCUT2D eigenvalue weighted by molar-refractivity contribution is -0.144. The van der Waals surface area contributed by atoms with Crippen molar-refractivity contribution in [2.75, 3.05) is 6.54 Å². The van der Waals surface area contributed by atoms with Gasteiger partial charge in [0.1, 0.15) is 6.10 Å². The van der Waals surface area contributed by atoms with Crippen molar-refractivity contribution in [2.45, 2.75) is 43.3 Å². The second-order valence-corrected chi connectivity index (χ2v) is 6.54. The predicted octanol–water partition coefficient (Wildman–Crippen LogP) is 0.528. The van der Waals surface area contributed by atoms with Crippen LogP contribution in [0.4, 0.5) is 13.2 Å². The van der Waals surface area contributed by atoms with Gasteiger partial charge in [0.25, 0.3) is 5.91 Å². The molecule has 0 spiro atoms. The molecular formula is C16H19F3N2O3. The zero-order valence-corrected chi connectivity index (χ0v) is 12.8. The zero-order chi connectivity index (χ0) is 17.6. The molecular weight excluding hydrogens is 325 g/mol. The highest BCUT2D eigenvalue weighted by atomic mass is 19.4. The van der Waals surface area contributed by atoms with E-state index in [2.05, 4.69) is 0 Å². The van der Waals surface area contributed by atoms with Crippen LogP contribution in [-0.2, 0) is 17.4 Å². The molecule has 2 aliphatic rings. The Balaban J connectivity index is 1.69. The van der Waals surface area contributed by atoms with Crippen molar-refractivity contribution in [3.05, 3.63) is 35.4 Å². The summed E-state index contributed by atoms with van der Waals surface area (Å²) in [5.41, 5.74) is 5.36. The summed E-state index contributed by atoms with van der Waals surface area (Å²) in [6.07, 6.45) is -6.35. The van der Waals surface area contributed by atoms with Crippen molar-refractivity contribution in [1.82, 2.24) is 4.90 Å². The van der Waals surface area contributed by atoms with Crippen molar-refractivity contribution in [3.8, 4) is 0 Å². The molecule has 1 aliphatic carbocycles. The molecule has 3 rings (SSSR count). The summed E-state index contributed by atoms with van der Waals surface area (Å²) in [6.45, 7) is 0.362. The number of alkyl halides is 3. The highest BCUT2D eigenvalue weighted by molar-refractivity contribution is 5.82. The molecule has 5 atom stereocenters. The number of piperidine rings is 1. The van der Waals surface area contributed by atoms with Crippen LogP contribution in [0.2, 0.25) is 0 Å². The molecule has 1 saturated heterocycles. The van der Waals surface area contributed by atoms with Gasteiger partial charge in [-0.25, -0.2) is 0 Å². The molecule has 1 aromatic rings. The molecule has 1 saturated carbocycles. The van der Waals surface area contributed by atoms with Gasteiger partial charge in [0.05, 0.1) is 17.7 Å². The van der Waals surface area contributed by atoms with Gasteiger partial charge in [0.2, 0.25) is 0 Å². The third kappa shape index (κ3) is 3.01. The number of benzene rings is 1. The van der Waals surface area contributed by atoms with Gasteiger partial charge in [-0.1, -0.05) is 18.2 Å². The lowest BCUT2D eigenvalue weighted by Gasteiger charge is -2.32. The van der Waals surface area contributed by atoms with Crippen LogP contribution in [-0.4, -0.2) is 51.9 Å². The van der Waals surface area contributed by atoms with E-state index in [-0.39, 0.29) is 23.9 Å². The van der Waals surface area contributed by atoms with E-state index in [4.69, 9.17) is 5.73 Å². The van der Waals surface area contributed by atoms with Crippen LogP contribution in [0.3, 0.4) is 0 Å². The van der Waals surface area contributed by atoms with E-state index in [0.717, 1.165) is 12.1 Å². The van der Waals surface area contributed by atoms with Gasteiger partial charge in [-0.05, 0) is 24.0 Å². The number of rotatable bonds is 3. The number of hydrogen-bond donors (Lipinski definition) is 3. The van der Waals surface area contributed by atoms with Crippen LogP contribution < -0.4 is 5.73 Å². The normalized spacial score (nSPS) is 30.7. The van der Waals surface area contributed by atoms with Gasteiger partial charge >= 0.3 is 6.18 Å². The Kier molecular flexibility index (Phi) is 4.31. The summed E-state index contributed by atoms with van der Waals surface area (Å²) in [7, 11) is 0. The van der Waals surface area contributed by atoms with E-state index < -0.39 is 35.9 Å². The number of amides is 1. The number of carbonyl (C=O) groups is 1. The molecule has 0 aromatic heterocycles. The van der Waals surface area contributed by atoms with Gasteiger partial charge in [-0.3, -0.25) is 4.79 Å². The number of aliphatic hydroxyl groups excluding tert-OH is 2. The average Bonchev–Trinajstić information content (AvgIpc) is 2.97. The molecule has 1 unspecified atom stereocenters. The number of likely N-dealkylation sites (tertiary alicyclic amines) is 1. The standard InChI is InChI=1S/C16H19F3N2O3/c17-16(18,19)10-3-1-2-8(4-10)5-12(23)15(24)21-7-9-6-11(22)14(21)13(9)20/h1-4,9,11-14,22-23H,5-7,20H2/t9-,11+,12?,13-,14-/m1/s1. The Morgan fingerprint density at radius 3 is 2.71 bits per heavy atom. The molecule has 8 heteroatoms. The topological polar surface area (TPSA) is 86.8 Å². The van der Waals surface area contributed by atoms with Crippen LogP contribution in [0.15, 0.2) is 24.3 Å². The van der Waals surface area contributed by atoms with E-state index in [1.165, 1.54) is 17.0 Å². The van der Waals surface area contributed by atoms with Gasteiger partial charge < -0.3 is 20.8 Å².